The third-order valence-corrected chi connectivity index (χ3v) is 1.61. The fourth-order valence-electron chi connectivity index (χ4n) is 0.934. The van der Waals surface area contributed by atoms with E-state index in [-0.39, 0.29) is 6.54 Å². The lowest BCUT2D eigenvalue weighted by Crippen LogP contribution is -2.24. The zero-order valence-corrected chi connectivity index (χ0v) is 8.26. The van der Waals surface area contributed by atoms with Gasteiger partial charge >= 0.3 is 0 Å². The van der Waals surface area contributed by atoms with Gasteiger partial charge in [0.15, 0.2) is 0 Å². The zero-order chi connectivity index (χ0) is 9.90. The average Bonchev–Trinajstić information content (AvgIpc) is 2.00. The van der Waals surface area contributed by atoms with Crippen LogP contribution in [0, 0.1) is 6.92 Å². The molecule has 0 aromatic carbocycles. The van der Waals surface area contributed by atoms with Crippen molar-refractivity contribution in [1.82, 2.24) is 4.98 Å². The number of halogens is 1. The van der Waals surface area contributed by atoms with Gasteiger partial charge in [-0.15, -0.1) is 0 Å². The van der Waals surface area contributed by atoms with Crippen LogP contribution in [0.1, 0.15) is 19.4 Å². The number of hydrogen-bond acceptors (Lipinski definition) is 2. The molecule has 0 unspecified atom stereocenters. The molecule has 0 atom stereocenters. The second-order valence-corrected chi connectivity index (χ2v) is 3.79. The standard InChI is InChI=1S/C10H15FN2/c1-8-4-5-12-9(6-8)13-7-10(2,3)11/h4-6H,7H2,1-3H3,(H,12,13). The Morgan fingerprint density at radius 2 is 2.23 bits per heavy atom. The summed E-state index contributed by atoms with van der Waals surface area (Å²) in [6, 6.07) is 3.80. The summed E-state index contributed by atoms with van der Waals surface area (Å²) < 4.78 is 13.1. The number of rotatable bonds is 3. The van der Waals surface area contributed by atoms with E-state index in [0.29, 0.717) is 0 Å². The highest BCUT2D eigenvalue weighted by molar-refractivity contribution is 5.37. The minimum atomic E-state index is -1.20. The molecule has 1 aromatic rings. The summed E-state index contributed by atoms with van der Waals surface area (Å²) in [7, 11) is 0. The number of nitrogens with zero attached hydrogens (tertiary/aromatic N) is 1. The zero-order valence-electron chi connectivity index (χ0n) is 8.26. The summed E-state index contributed by atoms with van der Waals surface area (Å²) in [4.78, 5) is 4.06. The number of alkyl halides is 1. The summed E-state index contributed by atoms with van der Waals surface area (Å²) in [5.41, 5.74) is -0.0834. The molecule has 0 spiro atoms. The van der Waals surface area contributed by atoms with Crippen LogP contribution in [0.15, 0.2) is 18.3 Å². The lowest BCUT2D eigenvalue weighted by molar-refractivity contribution is 0.235. The van der Waals surface area contributed by atoms with E-state index >= 15 is 0 Å². The smallest absolute Gasteiger partial charge is 0.126 e. The van der Waals surface area contributed by atoms with E-state index in [1.165, 1.54) is 13.8 Å². The molecule has 0 aliphatic heterocycles. The van der Waals surface area contributed by atoms with Crippen molar-refractivity contribution in [2.24, 2.45) is 0 Å². The maximum atomic E-state index is 13.1. The van der Waals surface area contributed by atoms with Crippen LogP contribution < -0.4 is 5.32 Å². The third kappa shape index (κ3) is 3.87. The highest BCUT2D eigenvalue weighted by atomic mass is 19.1. The van der Waals surface area contributed by atoms with Gasteiger partial charge in [0, 0.05) is 12.7 Å². The number of hydrogen-bond donors (Lipinski definition) is 1. The van der Waals surface area contributed by atoms with Crippen molar-refractivity contribution in [3.63, 3.8) is 0 Å². The van der Waals surface area contributed by atoms with Crippen molar-refractivity contribution < 1.29 is 4.39 Å². The van der Waals surface area contributed by atoms with Crippen molar-refractivity contribution in [3.8, 4) is 0 Å². The van der Waals surface area contributed by atoms with E-state index in [4.69, 9.17) is 0 Å². The molecule has 0 aliphatic rings. The maximum Gasteiger partial charge on any atom is 0.126 e. The summed E-state index contributed by atoms with van der Waals surface area (Å²) in [6.45, 7) is 5.34. The number of aryl methyl sites for hydroxylation is 1. The lowest BCUT2D eigenvalue weighted by Gasteiger charge is -2.15. The Morgan fingerprint density at radius 3 is 2.77 bits per heavy atom. The first kappa shape index (κ1) is 9.96. The Labute approximate surface area is 78.2 Å². The minimum absolute atomic E-state index is 0.281. The normalized spacial score (nSPS) is 11.4. The van der Waals surface area contributed by atoms with Crippen LogP contribution in [0.3, 0.4) is 0 Å². The Morgan fingerprint density at radius 1 is 1.54 bits per heavy atom. The van der Waals surface area contributed by atoms with Crippen molar-refractivity contribution in [1.29, 1.82) is 0 Å². The largest absolute Gasteiger partial charge is 0.367 e. The van der Waals surface area contributed by atoms with E-state index in [2.05, 4.69) is 10.3 Å². The molecule has 0 amide bonds. The predicted octanol–water partition coefficient (Wildman–Crippen LogP) is 2.55. The van der Waals surface area contributed by atoms with E-state index in [0.717, 1.165) is 11.4 Å². The molecule has 0 aliphatic carbocycles. The number of pyridine rings is 1. The fourth-order valence-corrected chi connectivity index (χ4v) is 0.934. The minimum Gasteiger partial charge on any atom is -0.367 e. The molecule has 0 radical (unpaired) electrons. The monoisotopic (exact) mass is 182 g/mol. The van der Waals surface area contributed by atoms with Crippen LogP contribution in [0.2, 0.25) is 0 Å². The summed E-state index contributed by atoms with van der Waals surface area (Å²) in [5, 5.41) is 2.94. The van der Waals surface area contributed by atoms with Crippen molar-refractivity contribution >= 4 is 5.82 Å². The van der Waals surface area contributed by atoms with Gasteiger partial charge in [0.2, 0.25) is 0 Å². The van der Waals surface area contributed by atoms with Crippen LogP contribution in [0.5, 0.6) is 0 Å². The summed E-state index contributed by atoms with van der Waals surface area (Å²) >= 11 is 0. The first-order valence-corrected chi connectivity index (χ1v) is 4.33. The van der Waals surface area contributed by atoms with Gasteiger partial charge in [-0.3, -0.25) is 0 Å². The third-order valence-electron chi connectivity index (χ3n) is 1.61. The summed E-state index contributed by atoms with van der Waals surface area (Å²) in [6.07, 6.45) is 1.71. The first-order valence-electron chi connectivity index (χ1n) is 4.33. The maximum absolute atomic E-state index is 13.1. The molecule has 0 saturated carbocycles. The van der Waals surface area contributed by atoms with E-state index in [1.54, 1.807) is 6.20 Å². The van der Waals surface area contributed by atoms with Crippen LogP contribution in [-0.4, -0.2) is 17.2 Å². The Kier molecular flexibility index (Phi) is 2.86. The Hall–Kier alpha value is -1.12. The number of aromatic nitrogens is 1. The van der Waals surface area contributed by atoms with Gasteiger partial charge in [-0.2, -0.15) is 0 Å². The van der Waals surface area contributed by atoms with Gasteiger partial charge in [0.25, 0.3) is 0 Å². The van der Waals surface area contributed by atoms with Gasteiger partial charge in [-0.05, 0) is 38.5 Å². The molecule has 13 heavy (non-hydrogen) atoms. The Balaban J connectivity index is 2.55. The van der Waals surface area contributed by atoms with Crippen LogP contribution in [0.4, 0.5) is 10.2 Å². The first-order chi connectivity index (χ1) is 5.97. The molecule has 1 heterocycles. The Bertz CT molecular complexity index is 278. The summed E-state index contributed by atoms with van der Waals surface area (Å²) in [5.74, 6) is 0.728. The second kappa shape index (κ2) is 3.73. The van der Waals surface area contributed by atoms with Crippen molar-refractivity contribution in [2.75, 3.05) is 11.9 Å². The van der Waals surface area contributed by atoms with E-state index < -0.39 is 5.67 Å². The van der Waals surface area contributed by atoms with Gasteiger partial charge in [-0.1, -0.05) is 0 Å². The molecule has 1 N–H and O–H groups in total. The van der Waals surface area contributed by atoms with Crippen molar-refractivity contribution in [2.45, 2.75) is 26.4 Å². The molecule has 0 saturated heterocycles. The van der Waals surface area contributed by atoms with Gasteiger partial charge in [0.05, 0.1) is 0 Å². The highest BCUT2D eigenvalue weighted by Crippen LogP contribution is 2.11. The van der Waals surface area contributed by atoms with Gasteiger partial charge < -0.3 is 5.32 Å². The SMILES string of the molecule is Cc1ccnc(NCC(C)(C)F)c1. The molecule has 72 valence electrons. The fraction of sp³-hybridized carbons (Fsp3) is 0.500. The average molecular weight is 182 g/mol. The quantitative estimate of drug-likeness (QED) is 0.777. The molecule has 1 aromatic heterocycles. The number of anilines is 1. The molecule has 0 bridgehead atoms. The van der Waals surface area contributed by atoms with E-state index in [9.17, 15) is 4.39 Å². The second-order valence-electron chi connectivity index (χ2n) is 3.79. The van der Waals surface area contributed by atoms with Crippen LogP contribution in [-0.2, 0) is 0 Å². The van der Waals surface area contributed by atoms with Crippen LogP contribution in [0.25, 0.3) is 0 Å². The van der Waals surface area contributed by atoms with Gasteiger partial charge in [0.1, 0.15) is 11.5 Å². The predicted molar refractivity (Wildman–Crippen MR) is 52.7 cm³/mol. The van der Waals surface area contributed by atoms with Crippen molar-refractivity contribution in [3.05, 3.63) is 23.9 Å². The number of nitrogens with one attached hydrogen (secondary N) is 1. The molecule has 0 fully saturated rings. The topological polar surface area (TPSA) is 24.9 Å². The molecule has 3 heteroatoms. The molecular weight excluding hydrogens is 167 g/mol. The lowest BCUT2D eigenvalue weighted by atomic mass is 10.2. The van der Waals surface area contributed by atoms with Crippen LogP contribution >= 0.6 is 0 Å². The molecular formula is C10H15FN2. The van der Waals surface area contributed by atoms with Gasteiger partial charge in [-0.25, -0.2) is 9.37 Å². The van der Waals surface area contributed by atoms with E-state index in [1.807, 2.05) is 19.1 Å². The molecule has 2 nitrogen and oxygen atoms in total. The highest BCUT2D eigenvalue weighted by Gasteiger charge is 2.14. The molecule has 1 rings (SSSR count).